The maximum atomic E-state index is 8.83. The number of nitrogens with one attached hydrogen (secondary N) is 1. The third-order valence-electron chi connectivity index (χ3n) is 2.96. The van der Waals surface area contributed by atoms with E-state index in [0.29, 0.717) is 0 Å². The lowest BCUT2D eigenvalue weighted by molar-refractivity contribution is 0.591. The molecule has 0 atom stereocenters. The Morgan fingerprint density at radius 1 is 1.16 bits per heavy atom. The average Bonchev–Trinajstić information content (AvgIpc) is 2.83. The van der Waals surface area contributed by atoms with Gasteiger partial charge in [-0.2, -0.15) is 5.26 Å². The molecule has 0 aliphatic carbocycles. The highest BCUT2D eigenvalue weighted by Gasteiger charge is 2.17. The Hall–Kier alpha value is -1.79. The summed E-state index contributed by atoms with van der Waals surface area (Å²) in [6.45, 7) is 7.41. The van der Waals surface area contributed by atoms with Gasteiger partial charge in [0.05, 0.1) is 0 Å². The van der Waals surface area contributed by atoms with Crippen molar-refractivity contribution in [2.24, 2.45) is 0 Å². The Bertz CT molecular complexity index is 600. The average molecular weight is 270 g/mol. The zero-order valence-electron chi connectivity index (χ0n) is 11.5. The van der Waals surface area contributed by atoms with Crippen LogP contribution in [-0.2, 0) is 12.0 Å². The number of anilines is 1. The monoisotopic (exact) mass is 270 g/mol. The number of hydrogen-bond donors (Lipinski definition) is 1. The van der Waals surface area contributed by atoms with E-state index in [9.17, 15) is 0 Å². The first-order chi connectivity index (χ1) is 9.00. The first-order valence-electron chi connectivity index (χ1n) is 6.33. The molecule has 98 valence electrons. The number of nitrogens with zero attached hydrogens (tertiary/aromatic N) is 1. The first kappa shape index (κ1) is 13.6. The summed E-state index contributed by atoms with van der Waals surface area (Å²) in [4.78, 5) is 1.95. The number of para-hydroxylation sites is 1. The van der Waals surface area contributed by atoms with E-state index >= 15 is 0 Å². The Morgan fingerprint density at radius 3 is 2.53 bits per heavy atom. The van der Waals surface area contributed by atoms with Crippen molar-refractivity contribution in [3.8, 4) is 6.07 Å². The molecular formula is C16H18N2S. The highest BCUT2D eigenvalue weighted by atomic mass is 32.1. The molecule has 0 saturated heterocycles. The van der Waals surface area contributed by atoms with Crippen LogP contribution in [0.4, 0.5) is 5.69 Å². The van der Waals surface area contributed by atoms with E-state index < -0.39 is 0 Å². The minimum Gasteiger partial charge on any atom is -0.380 e. The zero-order chi connectivity index (χ0) is 13.9. The molecule has 0 radical (unpaired) electrons. The van der Waals surface area contributed by atoms with Gasteiger partial charge >= 0.3 is 0 Å². The molecule has 0 saturated carbocycles. The van der Waals surface area contributed by atoms with Crippen molar-refractivity contribution in [1.82, 2.24) is 0 Å². The van der Waals surface area contributed by atoms with Crippen molar-refractivity contribution in [3.05, 3.63) is 51.7 Å². The summed E-state index contributed by atoms with van der Waals surface area (Å²) in [7, 11) is 0. The molecule has 2 nitrogen and oxygen atoms in total. The molecule has 1 aromatic heterocycles. The highest BCUT2D eigenvalue weighted by Crippen LogP contribution is 2.29. The molecule has 3 heteroatoms. The normalized spacial score (nSPS) is 11.1. The first-order valence-corrected chi connectivity index (χ1v) is 7.14. The second kappa shape index (κ2) is 5.46. The molecule has 1 N–H and O–H groups in total. The molecule has 1 heterocycles. The van der Waals surface area contributed by atoms with Crippen LogP contribution in [0.2, 0.25) is 0 Å². The molecule has 1 aromatic carbocycles. The van der Waals surface area contributed by atoms with E-state index in [-0.39, 0.29) is 5.41 Å². The summed E-state index contributed by atoms with van der Waals surface area (Å²) in [5.41, 5.74) is 2.60. The van der Waals surface area contributed by atoms with Gasteiger partial charge in [-0.1, -0.05) is 39.0 Å². The van der Waals surface area contributed by atoms with Gasteiger partial charge in [-0.05, 0) is 29.2 Å². The van der Waals surface area contributed by atoms with Crippen molar-refractivity contribution in [2.75, 3.05) is 5.32 Å². The summed E-state index contributed by atoms with van der Waals surface area (Å²) in [5.74, 6) is 0. The van der Waals surface area contributed by atoms with E-state index in [1.54, 1.807) is 11.3 Å². The van der Waals surface area contributed by atoms with E-state index in [2.05, 4.69) is 50.4 Å². The highest BCUT2D eigenvalue weighted by molar-refractivity contribution is 7.12. The van der Waals surface area contributed by atoms with Gasteiger partial charge in [0.1, 0.15) is 10.9 Å². The fourth-order valence-corrected chi connectivity index (χ4v) is 2.75. The van der Waals surface area contributed by atoms with E-state index in [4.69, 9.17) is 5.26 Å². The molecule has 2 aromatic rings. The third-order valence-corrected chi connectivity index (χ3v) is 3.95. The van der Waals surface area contributed by atoms with Crippen LogP contribution >= 0.6 is 11.3 Å². The van der Waals surface area contributed by atoms with Gasteiger partial charge in [0.2, 0.25) is 0 Å². The molecule has 0 fully saturated rings. The Morgan fingerprint density at radius 2 is 1.89 bits per heavy atom. The quantitative estimate of drug-likeness (QED) is 0.889. The van der Waals surface area contributed by atoms with Crippen LogP contribution in [-0.4, -0.2) is 0 Å². The van der Waals surface area contributed by atoms with Crippen LogP contribution in [0, 0.1) is 11.3 Å². The van der Waals surface area contributed by atoms with Crippen molar-refractivity contribution in [3.63, 3.8) is 0 Å². The fourth-order valence-electron chi connectivity index (χ4n) is 2.01. The standard InChI is InChI=1S/C16H18N2S/c1-16(2,3)14-6-4-5-7-15(14)18-11-13-9-8-12(10-17)19-13/h4-9,18H,11H2,1-3H3. The van der Waals surface area contributed by atoms with E-state index in [1.807, 2.05) is 18.2 Å². The smallest absolute Gasteiger partial charge is 0.110 e. The molecule has 0 bridgehead atoms. The van der Waals surface area contributed by atoms with Crippen LogP contribution in [0.1, 0.15) is 36.1 Å². The molecule has 0 amide bonds. The topological polar surface area (TPSA) is 35.8 Å². The van der Waals surface area contributed by atoms with Crippen molar-refractivity contribution >= 4 is 17.0 Å². The summed E-state index contributed by atoms with van der Waals surface area (Å²) in [6, 6.07) is 14.5. The van der Waals surface area contributed by atoms with Crippen LogP contribution < -0.4 is 5.32 Å². The van der Waals surface area contributed by atoms with Gasteiger partial charge in [0.25, 0.3) is 0 Å². The number of benzene rings is 1. The maximum absolute atomic E-state index is 8.83. The Balaban J connectivity index is 2.14. The molecule has 0 aliphatic heterocycles. The van der Waals surface area contributed by atoms with Gasteiger partial charge in [-0.25, -0.2) is 0 Å². The molecule has 0 spiro atoms. The fraction of sp³-hybridized carbons (Fsp3) is 0.312. The molecule has 19 heavy (non-hydrogen) atoms. The van der Waals surface area contributed by atoms with Gasteiger partial charge in [-0.15, -0.1) is 11.3 Å². The SMILES string of the molecule is CC(C)(C)c1ccccc1NCc1ccc(C#N)s1. The summed E-state index contributed by atoms with van der Waals surface area (Å²) in [5, 5.41) is 12.3. The summed E-state index contributed by atoms with van der Waals surface area (Å²) in [6.07, 6.45) is 0. The largest absolute Gasteiger partial charge is 0.380 e. The predicted molar refractivity (Wildman–Crippen MR) is 81.5 cm³/mol. The third kappa shape index (κ3) is 3.36. The lowest BCUT2D eigenvalue weighted by Gasteiger charge is -2.23. The number of hydrogen-bond acceptors (Lipinski definition) is 3. The molecule has 0 aliphatic rings. The van der Waals surface area contributed by atoms with Crippen molar-refractivity contribution in [1.29, 1.82) is 5.26 Å². The Labute approximate surface area is 118 Å². The van der Waals surface area contributed by atoms with E-state index in [1.165, 1.54) is 16.1 Å². The lowest BCUT2D eigenvalue weighted by Crippen LogP contribution is -2.14. The minimum absolute atomic E-state index is 0.122. The number of nitriles is 1. The van der Waals surface area contributed by atoms with Crippen molar-refractivity contribution < 1.29 is 0 Å². The molecule has 2 rings (SSSR count). The number of rotatable bonds is 3. The van der Waals surface area contributed by atoms with Crippen molar-refractivity contribution in [2.45, 2.75) is 32.7 Å². The van der Waals surface area contributed by atoms with E-state index in [0.717, 1.165) is 11.4 Å². The summed E-state index contributed by atoms with van der Waals surface area (Å²) >= 11 is 1.54. The van der Waals surface area contributed by atoms with Crippen LogP contribution in [0.5, 0.6) is 0 Å². The van der Waals surface area contributed by atoms with Gasteiger partial charge < -0.3 is 5.32 Å². The van der Waals surface area contributed by atoms with Crippen LogP contribution in [0.3, 0.4) is 0 Å². The molecular weight excluding hydrogens is 252 g/mol. The maximum Gasteiger partial charge on any atom is 0.110 e. The number of thiophene rings is 1. The van der Waals surface area contributed by atoms with Crippen LogP contribution in [0.15, 0.2) is 36.4 Å². The minimum atomic E-state index is 0.122. The molecule has 0 unspecified atom stereocenters. The van der Waals surface area contributed by atoms with Gasteiger partial charge in [0.15, 0.2) is 0 Å². The second-order valence-corrected chi connectivity index (χ2v) is 6.70. The Kier molecular flexibility index (Phi) is 3.92. The van der Waals surface area contributed by atoms with Gasteiger partial charge in [0, 0.05) is 17.1 Å². The zero-order valence-corrected chi connectivity index (χ0v) is 12.3. The van der Waals surface area contributed by atoms with Crippen LogP contribution in [0.25, 0.3) is 0 Å². The van der Waals surface area contributed by atoms with Gasteiger partial charge in [-0.3, -0.25) is 0 Å². The predicted octanol–water partition coefficient (Wildman–Crippen LogP) is 4.53. The lowest BCUT2D eigenvalue weighted by atomic mass is 9.86. The summed E-state index contributed by atoms with van der Waals surface area (Å²) < 4.78 is 0. The second-order valence-electron chi connectivity index (χ2n) is 5.53.